The van der Waals surface area contributed by atoms with Crippen molar-refractivity contribution in [2.45, 2.75) is 13.3 Å². The molecule has 0 radical (unpaired) electrons. The second-order valence-electron chi connectivity index (χ2n) is 4.72. The Kier molecular flexibility index (Phi) is 6.20. The molecule has 1 aliphatic heterocycles. The summed E-state index contributed by atoms with van der Waals surface area (Å²) in [6, 6.07) is 3.80. The molecule has 2 heterocycles. The van der Waals surface area contributed by atoms with Gasteiger partial charge in [0.05, 0.1) is 6.54 Å². The highest BCUT2D eigenvalue weighted by molar-refractivity contribution is 7.09. The van der Waals surface area contributed by atoms with Crippen LogP contribution >= 0.6 is 11.3 Å². The van der Waals surface area contributed by atoms with Gasteiger partial charge in [-0.25, -0.2) is 4.79 Å². The van der Waals surface area contributed by atoms with Gasteiger partial charge in [0, 0.05) is 37.5 Å². The summed E-state index contributed by atoms with van der Waals surface area (Å²) in [6.45, 7) is 4.35. The first-order chi connectivity index (χ1) is 10.7. The fourth-order valence-corrected chi connectivity index (χ4v) is 2.74. The van der Waals surface area contributed by atoms with Crippen molar-refractivity contribution in [3.8, 4) is 0 Å². The van der Waals surface area contributed by atoms with Crippen LogP contribution in [0.2, 0.25) is 0 Å². The minimum atomic E-state index is -0.327. The Morgan fingerprint density at radius 3 is 2.95 bits per heavy atom. The molecule has 3 amide bonds. The number of carbonyl (C=O) groups is 2. The third-order valence-electron chi connectivity index (χ3n) is 3.12. The number of nitrogens with one attached hydrogen (secondary N) is 3. The standard InChI is InChI=1S/C14H21N5O2S/c1-2-15-13(16-6-5-11-4-3-9-22-11)17-7-8-19-12(20)10-18-14(19)21/h3-4,9H,2,5-8,10H2,1H3,(H,18,21)(H2,15,16,17). The number of imide groups is 1. The maximum Gasteiger partial charge on any atom is 0.324 e. The van der Waals surface area contributed by atoms with E-state index in [9.17, 15) is 9.59 Å². The summed E-state index contributed by atoms with van der Waals surface area (Å²) in [4.78, 5) is 29.9. The van der Waals surface area contributed by atoms with Gasteiger partial charge in [-0.3, -0.25) is 14.7 Å². The van der Waals surface area contributed by atoms with Crippen LogP contribution in [0.1, 0.15) is 11.8 Å². The van der Waals surface area contributed by atoms with Gasteiger partial charge in [-0.2, -0.15) is 0 Å². The third-order valence-corrected chi connectivity index (χ3v) is 4.05. The molecule has 0 atom stereocenters. The van der Waals surface area contributed by atoms with Crippen LogP contribution < -0.4 is 16.0 Å². The normalized spacial score (nSPS) is 15.1. The van der Waals surface area contributed by atoms with Crippen LogP contribution in [-0.2, 0) is 11.2 Å². The molecule has 0 aromatic carbocycles. The number of hydrogen-bond donors (Lipinski definition) is 3. The molecule has 0 spiro atoms. The van der Waals surface area contributed by atoms with E-state index >= 15 is 0 Å². The number of carbonyl (C=O) groups excluding carboxylic acids is 2. The zero-order valence-electron chi connectivity index (χ0n) is 12.6. The Labute approximate surface area is 133 Å². The zero-order chi connectivity index (χ0) is 15.8. The van der Waals surface area contributed by atoms with Crippen molar-refractivity contribution >= 4 is 29.2 Å². The molecule has 1 aliphatic rings. The number of thiophene rings is 1. The first-order valence-corrected chi connectivity index (χ1v) is 8.21. The summed E-state index contributed by atoms with van der Waals surface area (Å²) >= 11 is 1.72. The number of urea groups is 1. The number of aliphatic imine (C=N–C) groups is 1. The van der Waals surface area contributed by atoms with E-state index in [0.29, 0.717) is 25.6 Å². The predicted molar refractivity (Wildman–Crippen MR) is 87.1 cm³/mol. The average molecular weight is 323 g/mol. The van der Waals surface area contributed by atoms with E-state index in [4.69, 9.17) is 0 Å². The fraction of sp³-hybridized carbons (Fsp3) is 0.500. The third kappa shape index (κ3) is 4.73. The lowest BCUT2D eigenvalue weighted by molar-refractivity contribution is -0.124. The Hall–Kier alpha value is -2.09. The van der Waals surface area contributed by atoms with Crippen LogP contribution in [0.3, 0.4) is 0 Å². The summed E-state index contributed by atoms with van der Waals surface area (Å²) in [5, 5.41) is 10.8. The van der Waals surface area contributed by atoms with Crippen molar-refractivity contribution < 1.29 is 9.59 Å². The summed E-state index contributed by atoms with van der Waals surface area (Å²) < 4.78 is 0. The van der Waals surface area contributed by atoms with Crippen molar-refractivity contribution in [1.82, 2.24) is 20.9 Å². The van der Waals surface area contributed by atoms with Crippen molar-refractivity contribution in [2.24, 2.45) is 4.99 Å². The van der Waals surface area contributed by atoms with Gasteiger partial charge in [0.25, 0.3) is 0 Å². The van der Waals surface area contributed by atoms with Crippen molar-refractivity contribution in [2.75, 3.05) is 32.7 Å². The maximum atomic E-state index is 11.5. The molecule has 1 aromatic heterocycles. The average Bonchev–Trinajstić information content (AvgIpc) is 3.12. The minimum absolute atomic E-state index is 0.0911. The van der Waals surface area contributed by atoms with E-state index in [0.717, 1.165) is 13.0 Å². The largest absolute Gasteiger partial charge is 0.357 e. The van der Waals surface area contributed by atoms with Crippen LogP contribution in [0.25, 0.3) is 0 Å². The van der Waals surface area contributed by atoms with Gasteiger partial charge in [0.1, 0.15) is 0 Å². The second kappa shape index (κ2) is 8.38. The summed E-state index contributed by atoms with van der Waals surface area (Å²) in [6.07, 6.45) is 0.904. The summed E-state index contributed by atoms with van der Waals surface area (Å²) in [7, 11) is 0. The Bertz CT molecular complexity index is 513. The van der Waals surface area contributed by atoms with E-state index in [-0.39, 0.29) is 18.5 Å². The Balaban J connectivity index is 1.75. The first kappa shape index (κ1) is 16.3. The topological polar surface area (TPSA) is 85.8 Å². The molecular formula is C14H21N5O2S. The molecular weight excluding hydrogens is 302 g/mol. The summed E-state index contributed by atoms with van der Waals surface area (Å²) in [5.41, 5.74) is 0. The maximum absolute atomic E-state index is 11.5. The molecule has 1 aromatic rings. The summed E-state index contributed by atoms with van der Waals surface area (Å²) in [5.74, 6) is 0.512. The fourth-order valence-electron chi connectivity index (χ4n) is 2.04. The lowest BCUT2D eigenvalue weighted by Crippen LogP contribution is -2.43. The van der Waals surface area contributed by atoms with E-state index < -0.39 is 0 Å². The highest BCUT2D eigenvalue weighted by Gasteiger charge is 2.27. The van der Waals surface area contributed by atoms with E-state index in [1.54, 1.807) is 11.3 Å². The Morgan fingerprint density at radius 2 is 2.32 bits per heavy atom. The molecule has 8 heteroatoms. The van der Waals surface area contributed by atoms with Crippen molar-refractivity contribution in [3.63, 3.8) is 0 Å². The predicted octanol–water partition coefficient (Wildman–Crippen LogP) is 0.398. The van der Waals surface area contributed by atoms with Gasteiger partial charge < -0.3 is 16.0 Å². The van der Waals surface area contributed by atoms with Crippen LogP contribution in [0.5, 0.6) is 0 Å². The molecule has 120 valence electrons. The molecule has 1 fully saturated rings. The lowest BCUT2D eigenvalue weighted by atomic mass is 10.3. The number of amides is 3. The molecule has 22 heavy (non-hydrogen) atoms. The molecule has 0 unspecified atom stereocenters. The van der Waals surface area contributed by atoms with Crippen LogP contribution in [0.4, 0.5) is 4.79 Å². The van der Waals surface area contributed by atoms with Gasteiger partial charge in [0.2, 0.25) is 5.91 Å². The van der Waals surface area contributed by atoms with E-state index in [1.165, 1.54) is 9.78 Å². The zero-order valence-corrected chi connectivity index (χ0v) is 13.4. The quantitative estimate of drug-likeness (QED) is 0.385. The van der Waals surface area contributed by atoms with Gasteiger partial charge in [0.15, 0.2) is 5.96 Å². The van der Waals surface area contributed by atoms with Gasteiger partial charge in [-0.15, -0.1) is 11.3 Å². The molecule has 0 saturated carbocycles. The highest BCUT2D eigenvalue weighted by atomic mass is 32.1. The Morgan fingerprint density at radius 1 is 1.45 bits per heavy atom. The van der Waals surface area contributed by atoms with E-state index in [2.05, 4.69) is 32.4 Å². The van der Waals surface area contributed by atoms with Crippen molar-refractivity contribution in [1.29, 1.82) is 0 Å². The molecule has 1 saturated heterocycles. The monoisotopic (exact) mass is 323 g/mol. The van der Waals surface area contributed by atoms with Crippen molar-refractivity contribution in [3.05, 3.63) is 22.4 Å². The van der Waals surface area contributed by atoms with Gasteiger partial charge in [-0.05, 0) is 18.4 Å². The van der Waals surface area contributed by atoms with Crippen LogP contribution in [0, 0.1) is 0 Å². The minimum Gasteiger partial charge on any atom is -0.357 e. The van der Waals surface area contributed by atoms with E-state index in [1.807, 2.05) is 13.0 Å². The second-order valence-corrected chi connectivity index (χ2v) is 5.75. The van der Waals surface area contributed by atoms with Crippen LogP contribution in [-0.4, -0.2) is 55.5 Å². The molecule has 7 nitrogen and oxygen atoms in total. The lowest BCUT2D eigenvalue weighted by Gasteiger charge is -2.15. The van der Waals surface area contributed by atoms with Gasteiger partial charge in [-0.1, -0.05) is 6.07 Å². The number of hydrogen-bond acceptors (Lipinski definition) is 4. The smallest absolute Gasteiger partial charge is 0.324 e. The van der Waals surface area contributed by atoms with Crippen LogP contribution in [0.15, 0.2) is 22.5 Å². The molecule has 0 bridgehead atoms. The number of nitrogens with zero attached hydrogens (tertiary/aromatic N) is 2. The number of guanidine groups is 1. The number of rotatable bonds is 7. The molecule has 2 rings (SSSR count). The molecule has 3 N–H and O–H groups in total. The molecule has 0 aliphatic carbocycles. The highest BCUT2D eigenvalue weighted by Crippen LogP contribution is 2.08. The first-order valence-electron chi connectivity index (χ1n) is 7.33. The van der Waals surface area contributed by atoms with Gasteiger partial charge >= 0.3 is 6.03 Å². The SMILES string of the molecule is CCNC(=NCCc1cccs1)NCCN1C(=O)CNC1=O.